The maximum Gasteiger partial charge on any atom is 0.311 e. The van der Waals surface area contributed by atoms with Gasteiger partial charge in [0.15, 0.2) is 6.10 Å². The second-order valence-corrected chi connectivity index (χ2v) is 6.12. The van der Waals surface area contributed by atoms with Crippen molar-refractivity contribution in [1.82, 2.24) is 15.2 Å². The molecule has 1 atom stereocenters. The second-order valence-electron chi connectivity index (χ2n) is 6.12. The average Bonchev–Trinajstić information content (AvgIpc) is 3.30. The van der Waals surface area contributed by atoms with E-state index >= 15 is 0 Å². The van der Waals surface area contributed by atoms with E-state index < -0.39 is 12.1 Å². The van der Waals surface area contributed by atoms with Crippen molar-refractivity contribution in [3.8, 4) is 11.5 Å². The van der Waals surface area contributed by atoms with Gasteiger partial charge in [-0.05, 0) is 42.8 Å². The Morgan fingerprint density at radius 2 is 1.96 bits per heavy atom. The van der Waals surface area contributed by atoms with Crippen LogP contribution in [0.3, 0.4) is 0 Å². The Balaban J connectivity index is 1.43. The average molecular weight is 365 g/mol. The molecular weight excluding hydrogens is 349 g/mol. The smallest absolute Gasteiger partial charge is 0.311 e. The number of carbonyl (C=O) groups is 1. The third kappa shape index (κ3) is 3.57. The van der Waals surface area contributed by atoms with Crippen LogP contribution in [0.2, 0.25) is 0 Å². The van der Waals surface area contributed by atoms with Crippen molar-refractivity contribution in [2.24, 2.45) is 0 Å². The quantitative estimate of drug-likeness (QED) is 0.536. The number of halogens is 1. The van der Waals surface area contributed by atoms with Gasteiger partial charge < -0.3 is 14.1 Å². The van der Waals surface area contributed by atoms with Gasteiger partial charge in [-0.1, -0.05) is 18.2 Å². The lowest BCUT2D eigenvalue weighted by molar-refractivity contribution is -0.148. The highest BCUT2D eigenvalue weighted by Gasteiger charge is 2.20. The molecule has 0 fully saturated rings. The molecule has 2 aromatic carbocycles. The maximum atomic E-state index is 13.0. The minimum atomic E-state index is -0.690. The van der Waals surface area contributed by atoms with Crippen LogP contribution < -0.4 is 0 Å². The lowest BCUT2D eigenvalue weighted by Crippen LogP contribution is -2.11. The Hall–Kier alpha value is -3.48. The normalized spacial score (nSPS) is 12.2. The number of fused-ring (bicyclic) bond motifs is 1. The molecule has 0 spiro atoms. The van der Waals surface area contributed by atoms with Crippen molar-refractivity contribution in [2.45, 2.75) is 19.4 Å². The fraction of sp³-hybridized carbons (Fsp3) is 0.150. The predicted octanol–water partition coefficient (Wildman–Crippen LogP) is 4.20. The Labute approximate surface area is 154 Å². The van der Waals surface area contributed by atoms with Crippen LogP contribution in [0.15, 0.2) is 59.1 Å². The lowest BCUT2D eigenvalue weighted by Gasteiger charge is -2.09. The summed E-state index contributed by atoms with van der Waals surface area (Å²) in [6.07, 6.45) is 1.24. The van der Waals surface area contributed by atoms with Crippen LogP contribution in [0.1, 0.15) is 24.5 Å². The van der Waals surface area contributed by atoms with Crippen molar-refractivity contribution in [2.75, 3.05) is 0 Å². The molecule has 0 saturated carbocycles. The molecule has 2 aromatic heterocycles. The van der Waals surface area contributed by atoms with Gasteiger partial charge in [-0.3, -0.25) is 4.79 Å². The molecule has 0 saturated heterocycles. The Morgan fingerprint density at radius 1 is 1.19 bits per heavy atom. The molecular formula is C20H16FN3O3. The molecule has 0 aliphatic heterocycles. The van der Waals surface area contributed by atoms with E-state index in [2.05, 4.69) is 15.2 Å². The highest BCUT2D eigenvalue weighted by atomic mass is 19.1. The van der Waals surface area contributed by atoms with Crippen LogP contribution in [-0.4, -0.2) is 21.2 Å². The van der Waals surface area contributed by atoms with Crippen LogP contribution in [0.5, 0.6) is 0 Å². The van der Waals surface area contributed by atoms with Gasteiger partial charge in [-0.25, -0.2) is 4.39 Å². The largest absolute Gasteiger partial charge is 0.452 e. The molecule has 4 rings (SSSR count). The first-order chi connectivity index (χ1) is 13.1. The predicted molar refractivity (Wildman–Crippen MR) is 96.2 cm³/mol. The molecule has 7 heteroatoms. The summed E-state index contributed by atoms with van der Waals surface area (Å²) in [6, 6.07) is 13.4. The number of hydrogen-bond donors (Lipinski definition) is 1. The molecule has 0 bridgehead atoms. The minimum Gasteiger partial charge on any atom is -0.452 e. The number of aromatic amines is 1. The van der Waals surface area contributed by atoms with E-state index in [-0.39, 0.29) is 24.0 Å². The number of nitrogens with one attached hydrogen (secondary N) is 1. The lowest BCUT2D eigenvalue weighted by atomic mass is 10.1. The molecule has 0 radical (unpaired) electrons. The molecule has 0 amide bonds. The van der Waals surface area contributed by atoms with E-state index in [4.69, 9.17) is 9.15 Å². The third-order valence-electron chi connectivity index (χ3n) is 4.20. The number of nitrogens with zero attached hydrogens (tertiary/aromatic N) is 2. The summed E-state index contributed by atoms with van der Waals surface area (Å²) in [5, 5.41) is 8.83. The van der Waals surface area contributed by atoms with Gasteiger partial charge in [0.2, 0.25) is 5.89 Å². The van der Waals surface area contributed by atoms with Gasteiger partial charge in [0.05, 0.1) is 6.42 Å². The zero-order chi connectivity index (χ0) is 18.8. The van der Waals surface area contributed by atoms with E-state index in [1.165, 1.54) is 12.1 Å². The molecule has 1 N–H and O–H groups in total. The minimum absolute atomic E-state index is 0.132. The first-order valence-electron chi connectivity index (χ1n) is 8.44. The summed E-state index contributed by atoms with van der Waals surface area (Å²) in [7, 11) is 0. The summed E-state index contributed by atoms with van der Waals surface area (Å²) in [5.41, 5.74) is 2.42. The van der Waals surface area contributed by atoms with Crippen LogP contribution in [0, 0.1) is 5.82 Å². The molecule has 6 nitrogen and oxygen atoms in total. The monoisotopic (exact) mass is 365 g/mol. The summed E-state index contributed by atoms with van der Waals surface area (Å²) in [6.45, 7) is 1.66. The number of carbonyl (C=O) groups excluding carboxylic acids is 1. The number of H-pyrrole nitrogens is 1. The molecule has 136 valence electrons. The van der Waals surface area contributed by atoms with E-state index in [1.54, 1.807) is 25.3 Å². The Bertz CT molecular complexity index is 1090. The summed E-state index contributed by atoms with van der Waals surface area (Å²) in [5.74, 6) is -0.321. The Morgan fingerprint density at radius 3 is 2.78 bits per heavy atom. The van der Waals surface area contributed by atoms with Gasteiger partial charge in [-0.2, -0.15) is 0 Å². The number of rotatable bonds is 5. The number of hydrogen-bond acceptors (Lipinski definition) is 5. The van der Waals surface area contributed by atoms with Crippen LogP contribution in [0.25, 0.3) is 22.4 Å². The third-order valence-corrected chi connectivity index (χ3v) is 4.20. The van der Waals surface area contributed by atoms with E-state index in [9.17, 15) is 9.18 Å². The fourth-order valence-corrected chi connectivity index (χ4v) is 2.83. The number of benzene rings is 2. The van der Waals surface area contributed by atoms with Crippen LogP contribution in [0.4, 0.5) is 4.39 Å². The number of aromatic nitrogens is 3. The van der Waals surface area contributed by atoms with Crippen molar-refractivity contribution in [1.29, 1.82) is 0 Å². The highest BCUT2D eigenvalue weighted by Crippen LogP contribution is 2.24. The van der Waals surface area contributed by atoms with Gasteiger partial charge in [0, 0.05) is 22.7 Å². The zero-order valence-corrected chi connectivity index (χ0v) is 14.5. The summed E-state index contributed by atoms with van der Waals surface area (Å²) >= 11 is 0. The number of ether oxygens (including phenoxy) is 1. The molecule has 4 aromatic rings. The molecule has 27 heavy (non-hydrogen) atoms. The first kappa shape index (κ1) is 17.0. The second kappa shape index (κ2) is 7.03. The van der Waals surface area contributed by atoms with Gasteiger partial charge in [-0.15, -0.1) is 10.2 Å². The maximum absolute atomic E-state index is 13.0. The van der Waals surface area contributed by atoms with Crippen LogP contribution >= 0.6 is 0 Å². The SMILES string of the molecule is C[C@H](OC(=O)Cc1c[nH]c2ccccc12)c1nnc(-c2ccc(F)cc2)o1. The Kier molecular flexibility index (Phi) is 4.42. The molecule has 0 unspecified atom stereocenters. The van der Waals surface area contributed by atoms with Gasteiger partial charge in [0.1, 0.15) is 5.82 Å². The summed E-state index contributed by atoms with van der Waals surface area (Å²) in [4.78, 5) is 15.4. The van der Waals surface area contributed by atoms with Crippen molar-refractivity contribution >= 4 is 16.9 Å². The van der Waals surface area contributed by atoms with Gasteiger partial charge >= 0.3 is 5.97 Å². The molecule has 0 aliphatic rings. The first-order valence-corrected chi connectivity index (χ1v) is 8.44. The van der Waals surface area contributed by atoms with E-state index in [0.717, 1.165) is 16.5 Å². The fourth-order valence-electron chi connectivity index (χ4n) is 2.83. The number of esters is 1. The highest BCUT2D eigenvalue weighted by molar-refractivity contribution is 5.87. The standard InChI is InChI=1S/C20H16FN3O3/c1-12(19-23-24-20(27-19)13-6-8-15(21)9-7-13)26-18(25)10-14-11-22-17-5-3-2-4-16(14)17/h2-9,11-12,22H,10H2,1H3/t12-/m0/s1. The zero-order valence-electron chi connectivity index (χ0n) is 14.5. The van der Waals surface area contributed by atoms with E-state index in [1.807, 2.05) is 24.3 Å². The van der Waals surface area contributed by atoms with Crippen molar-refractivity contribution in [3.63, 3.8) is 0 Å². The summed E-state index contributed by atoms with van der Waals surface area (Å²) < 4.78 is 24.0. The van der Waals surface area contributed by atoms with E-state index in [0.29, 0.717) is 5.56 Å². The topological polar surface area (TPSA) is 81.0 Å². The molecule has 0 aliphatic carbocycles. The molecule has 2 heterocycles. The van der Waals surface area contributed by atoms with Crippen molar-refractivity contribution < 1.29 is 18.3 Å². The van der Waals surface area contributed by atoms with Crippen LogP contribution in [-0.2, 0) is 16.0 Å². The van der Waals surface area contributed by atoms with Crippen molar-refractivity contribution in [3.05, 3.63) is 72.0 Å². The number of para-hydroxylation sites is 1. The van der Waals surface area contributed by atoms with Gasteiger partial charge in [0.25, 0.3) is 5.89 Å².